The Kier molecular flexibility index (Phi) is 3.89. The van der Waals surface area contributed by atoms with E-state index in [-0.39, 0.29) is 0 Å². The normalized spacial score (nSPS) is 11.2. The molecule has 0 saturated heterocycles. The molecule has 0 bridgehead atoms. The summed E-state index contributed by atoms with van der Waals surface area (Å²) in [5, 5.41) is 7.51. The second-order valence-corrected chi connectivity index (χ2v) is 4.49. The van der Waals surface area contributed by atoms with Crippen LogP contribution in [0.3, 0.4) is 0 Å². The molecule has 2 aromatic carbocycles. The third kappa shape index (κ3) is 2.92. The van der Waals surface area contributed by atoms with Crippen LogP contribution in [0, 0.1) is 5.41 Å². The fraction of sp³-hybridized carbons (Fsp3) is 0. The van der Waals surface area contributed by atoms with Crippen molar-refractivity contribution in [2.45, 2.75) is 0 Å². The first-order valence-electron chi connectivity index (χ1n) is 5.33. The first-order valence-corrected chi connectivity index (χ1v) is 6.12. The smallest absolute Gasteiger partial charge is 0.0256 e. The van der Waals surface area contributed by atoms with Gasteiger partial charge < -0.3 is 5.41 Å². The molecule has 0 amide bonds. The van der Waals surface area contributed by atoms with Crippen molar-refractivity contribution in [1.82, 2.24) is 0 Å². The lowest BCUT2D eigenvalue weighted by Crippen LogP contribution is -1.85. The predicted octanol–water partition coefficient (Wildman–Crippen LogP) is 4.64. The number of allylic oxidation sites excluding steroid dienone is 1. The molecule has 0 aliphatic carbocycles. The van der Waals surface area contributed by atoms with Gasteiger partial charge in [-0.25, -0.2) is 0 Å². The topological polar surface area (TPSA) is 23.9 Å². The van der Waals surface area contributed by atoms with Gasteiger partial charge >= 0.3 is 0 Å². The van der Waals surface area contributed by atoms with Gasteiger partial charge in [-0.1, -0.05) is 64.5 Å². The van der Waals surface area contributed by atoms with Gasteiger partial charge in [0.1, 0.15) is 0 Å². The first kappa shape index (κ1) is 11.8. The molecule has 0 radical (unpaired) electrons. The maximum Gasteiger partial charge on any atom is 0.0256 e. The summed E-state index contributed by atoms with van der Waals surface area (Å²) >= 11 is 3.51. The van der Waals surface area contributed by atoms with Crippen LogP contribution in [0.25, 0.3) is 11.6 Å². The highest BCUT2D eigenvalue weighted by Gasteiger charge is 2.00. The molecular weight excluding hydrogens is 274 g/mol. The molecule has 1 N–H and O–H groups in total. The molecule has 2 rings (SSSR count). The lowest BCUT2D eigenvalue weighted by Gasteiger charge is -2.03. The molecule has 0 heterocycles. The zero-order valence-electron chi connectivity index (χ0n) is 9.23. The Bertz CT molecular complexity index is 544. The van der Waals surface area contributed by atoms with Gasteiger partial charge in [0.15, 0.2) is 0 Å². The summed E-state index contributed by atoms with van der Waals surface area (Å²) in [6.07, 6.45) is 3.39. The number of hydrogen-bond acceptors (Lipinski definition) is 1. The second kappa shape index (κ2) is 5.60. The van der Waals surface area contributed by atoms with Crippen LogP contribution < -0.4 is 0 Å². The minimum absolute atomic E-state index is 0.900. The van der Waals surface area contributed by atoms with Crippen LogP contribution in [-0.4, -0.2) is 6.21 Å². The van der Waals surface area contributed by atoms with Crippen molar-refractivity contribution in [1.29, 1.82) is 5.41 Å². The van der Waals surface area contributed by atoms with Gasteiger partial charge in [-0.05, 0) is 28.8 Å². The Balaban J connectivity index is 2.44. The molecule has 2 heteroatoms. The molecule has 0 aliphatic heterocycles. The molecule has 0 atom stereocenters. The number of rotatable bonds is 3. The second-order valence-electron chi connectivity index (χ2n) is 3.63. The number of benzene rings is 2. The van der Waals surface area contributed by atoms with Gasteiger partial charge in [0.05, 0.1) is 0 Å². The SMILES string of the molecule is N=C/C(=C/c1ccccc1Br)c1ccccc1. The van der Waals surface area contributed by atoms with Crippen LogP contribution in [-0.2, 0) is 0 Å². The lowest BCUT2D eigenvalue weighted by molar-refractivity contribution is 1.56. The van der Waals surface area contributed by atoms with Crippen molar-refractivity contribution in [3.8, 4) is 0 Å². The summed E-state index contributed by atoms with van der Waals surface area (Å²) in [5.41, 5.74) is 3.03. The van der Waals surface area contributed by atoms with Crippen LogP contribution in [0.4, 0.5) is 0 Å². The highest BCUT2D eigenvalue weighted by molar-refractivity contribution is 9.10. The van der Waals surface area contributed by atoms with Crippen molar-refractivity contribution in [2.24, 2.45) is 0 Å². The van der Waals surface area contributed by atoms with Gasteiger partial charge in [0.2, 0.25) is 0 Å². The van der Waals surface area contributed by atoms with E-state index in [1.54, 1.807) is 0 Å². The number of nitrogens with one attached hydrogen (secondary N) is 1. The molecule has 0 fully saturated rings. The molecule has 0 aromatic heterocycles. The van der Waals surface area contributed by atoms with Crippen LogP contribution in [0.1, 0.15) is 11.1 Å². The molecule has 0 saturated carbocycles. The number of hydrogen-bond donors (Lipinski definition) is 1. The molecule has 0 unspecified atom stereocenters. The summed E-state index contributed by atoms with van der Waals surface area (Å²) in [4.78, 5) is 0. The van der Waals surface area contributed by atoms with Gasteiger partial charge in [-0.3, -0.25) is 0 Å². The van der Waals surface area contributed by atoms with Crippen molar-refractivity contribution >= 4 is 33.8 Å². The van der Waals surface area contributed by atoms with Gasteiger partial charge in [-0.2, -0.15) is 0 Å². The molecule has 0 aliphatic rings. The average molecular weight is 286 g/mol. The van der Waals surface area contributed by atoms with E-state index in [0.29, 0.717) is 0 Å². The first-order chi connectivity index (χ1) is 8.31. The van der Waals surface area contributed by atoms with E-state index in [9.17, 15) is 0 Å². The summed E-state index contributed by atoms with van der Waals surface area (Å²) in [5.74, 6) is 0. The minimum Gasteiger partial charge on any atom is -0.308 e. The maximum atomic E-state index is 7.51. The Morgan fingerprint density at radius 1 is 0.941 bits per heavy atom. The van der Waals surface area contributed by atoms with E-state index in [2.05, 4.69) is 15.9 Å². The monoisotopic (exact) mass is 285 g/mol. The molecule has 17 heavy (non-hydrogen) atoms. The van der Waals surface area contributed by atoms with Crippen LogP contribution >= 0.6 is 15.9 Å². The highest BCUT2D eigenvalue weighted by atomic mass is 79.9. The van der Waals surface area contributed by atoms with E-state index < -0.39 is 0 Å². The van der Waals surface area contributed by atoms with Gasteiger partial charge in [0.25, 0.3) is 0 Å². The van der Waals surface area contributed by atoms with Crippen LogP contribution in [0.15, 0.2) is 59.1 Å². The van der Waals surface area contributed by atoms with E-state index in [0.717, 1.165) is 21.2 Å². The summed E-state index contributed by atoms with van der Waals surface area (Å²) in [6.45, 7) is 0. The highest BCUT2D eigenvalue weighted by Crippen LogP contribution is 2.22. The quantitative estimate of drug-likeness (QED) is 0.628. The van der Waals surface area contributed by atoms with Crippen molar-refractivity contribution in [2.75, 3.05) is 0 Å². The third-order valence-electron chi connectivity index (χ3n) is 2.48. The van der Waals surface area contributed by atoms with Crippen molar-refractivity contribution in [3.63, 3.8) is 0 Å². The van der Waals surface area contributed by atoms with Crippen LogP contribution in [0.5, 0.6) is 0 Å². The molecule has 0 spiro atoms. The fourth-order valence-corrected chi connectivity index (χ4v) is 2.00. The van der Waals surface area contributed by atoms with Crippen molar-refractivity contribution < 1.29 is 0 Å². The zero-order valence-corrected chi connectivity index (χ0v) is 10.8. The largest absolute Gasteiger partial charge is 0.308 e. The Hall–Kier alpha value is -1.67. The maximum absolute atomic E-state index is 7.51. The lowest BCUT2D eigenvalue weighted by atomic mass is 10.0. The molecule has 84 valence electrons. The van der Waals surface area contributed by atoms with Crippen molar-refractivity contribution in [3.05, 3.63) is 70.2 Å². The van der Waals surface area contributed by atoms with E-state index in [4.69, 9.17) is 5.41 Å². The standard InChI is InChI=1S/C15H12BrN/c16-15-9-5-4-8-13(15)10-14(11-17)12-6-2-1-3-7-12/h1-11,17H/b14-10-,17-11?. The Morgan fingerprint density at radius 3 is 2.24 bits per heavy atom. The zero-order chi connectivity index (χ0) is 12.1. The van der Waals surface area contributed by atoms with Gasteiger partial charge in [0, 0.05) is 10.7 Å². The average Bonchev–Trinajstić information content (AvgIpc) is 2.39. The molecular formula is C15H12BrN. The predicted molar refractivity (Wildman–Crippen MR) is 77.2 cm³/mol. The molecule has 1 nitrogen and oxygen atoms in total. The fourth-order valence-electron chi connectivity index (χ4n) is 1.60. The van der Waals surface area contributed by atoms with Gasteiger partial charge in [-0.15, -0.1) is 0 Å². The van der Waals surface area contributed by atoms with Crippen LogP contribution in [0.2, 0.25) is 0 Å². The Morgan fingerprint density at radius 2 is 1.59 bits per heavy atom. The summed E-state index contributed by atoms with van der Waals surface area (Å²) < 4.78 is 1.04. The summed E-state index contributed by atoms with van der Waals surface area (Å²) in [6, 6.07) is 17.9. The third-order valence-corrected chi connectivity index (χ3v) is 3.20. The van der Waals surface area contributed by atoms with E-state index in [1.807, 2.05) is 60.7 Å². The van der Waals surface area contributed by atoms with E-state index >= 15 is 0 Å². The minimum atomic E-state index is 0.900. The molecule has 2 aromatic rings. The summed E-state index contributed by atoms with van der Waals surface area (Å²) in [7, 11) is 0. The number of halogens is 1. The Labute approximate surface area is 109 Å². The van der Waals surface area contributed by atoms with E-state index in [1.165, 1.54) is 6.21 Å².